The van der Waals surface area contributed by atoms with Crippen molar-refractivity contribution in [1.82, 2.24) is 14.7 Å². The molecule has 0 radical (unpaired) electrons. The maximum atomic E-state index is 12.9. The summed E-state index contributed by atoms with van der Waals surface area (Å²) in [7, 11) is 0. The molecule has 6 heteroatoms. The average Bonchev–Trinajstić information content (AvgIpc) is 2.99. The van der Waals surface area contributed by atoms with Gasteiger partial charge in [-0.15, -0.1) is 0 Å². The second-order valence-electron chi connectivity index (χ2n) is 9.98. The van der Waals surface area contributed by atoms with E-state index in [1.54, 1.807) is 0 Å². The third kappa shape index (κ3) is 3.21. The fourth-order valence-electron chi connectivity index (χ4n) is 6.56. The van der Waals surface area contributed by atoms with Gasteiger partial charge < -0.3 is 14.5 Å². The minimum Gasteiger partial charge on any atom is -0.450 e. The fourth-order valence-corrected chi connectivity index (χ4v) is 6.56. The molecule has 0 N–H and O–H groups in total. The molecule has 1 spiro atoms. The molecule has 6 nitrogen and oxygen atoms in total. The number of carbonyl (C=O) groups excluding carboxylic acids is 2. The molecule has 5 aliphatic rings. The molecule has 2 amide bonds. The second kappa shape index (κ2) is 7.19. The molecule has 5 fully saturated rings. The van der Waals surface area contributed by atoms with Crippen LogP contribution in [0, 0.1) is 23.2 Å². The van der Waals surface area contributed by atoms with E-state index in [2.05, 4.69) is 9.80 Å². The van der Waals surface area contributed by atoms with Crippen molar-refractivity contribution >= 4 is 12.0 Å². The monoisotopic (exact) mass is 389 g/mol. The minimum absolute atomic E-state index is 0.139. The van der Waals surface area contributed by atoms with Gasteiger partial charge in [-0.25, -0.2) is 4.79 Å². The predicted octanol–water partition coefficient (Wildman–Crippen LogP) is 2.58. The zero-order valence-electron chi connectivity index (χ0n) is 17.3. The molecule has 28 heavy (non-hydrogen) atoms. The van der Waals surface area contributed by atoms with Gasteiger partial charge in [0.05, 0.1) is 6.61 Å². The molecule has 2 saturated carbocycles. The number of fused-ring (bicyclic) bond motifs is 1. The summed E-state index contributed by atoms with van der Waals surface area (Å²) in [5.74, 6) is 2.02. The highest BCUT2D eigenvalue weighted by Gasteiger charge is 2.62. The van der Waals surface area contributed by atoms with E-state index in [0.29, 0.717) is 41.7 Å². The van der Waals surface area contributed by atoms with Gasteiger partial charge in [0.2, 0.25) is 5.91 Å². The first-order valence-corrected chi connectivity index (χ1v) is 11.5. The predicted molar refractivity (Wildman–Crippen MR) is 106 cm³/mol. The van der Waals surface area contributed by atoms with Crippen molar-refractivity contribution in [2.45, 2.75) is 57.9 Å². The average molecular weight is 390 g/mol. The van der Waals surface area contributed by atoms with Gasteiger partial charge >= 0.3 is 6.09 Å². The van der Waals surface area contributed by atoms with Crippen LogP contribution in [0.15, 0.2) is 0 Å². The third-order valence-corrected chi connectivity index (χ3v) is 8.24. The third-order valence-electron chi connectivity index (χ3n) is 8.24. The summed E-state index contributed by atoms with van der Waals surface area (Å²) in [6.07, 6.45) is 8.36. The van der Waals surface area contributed by atoms with Gasteiger partial charge in [0.1, 0.15) is 0 Å². The second-order valence-corrected chi connectivity index (χ2v) is 9.98. The van der Waals surface area contributed by atoms with Crippen LogP contribution in [0.2, 0.25) is 0 Å². The van der Waals surface area contributed by atoms with Gasteiger partial charge in [-0.2, -0.15) is 0 Å². The Morgan fingerprint density at radius 3 is 2.29 bits per heavy atom. The van der Waals surface area contributed by atoms with E-state index in [1.807, 2.05) is 11.8 Å². The van der Waals surface area contributed by atoms with E-state index >= 15 is 0 Å². The van der Waals surface area contributed by atoms with Crippen LogP contribution in [0.1, 0.15) is 51.9 Å². The van der Waals surface area contributed by atoms with Gasteiger partial charge in [-0.1, -0.05) is 12.8 Å². The first-order chi connectivity index (χ1) is 13.6. The molecule has 3 atom stereocenters. The minimum atomic E-state index is -0.139. The highest BCUT2D eigenvalue weighted by atomic mass is 16.6. The van der Waals surface area contributed by atoms with Crippen molar-refractivity contribution in [3.63, 3.8) is 0 Å². The van der Waals surface area contributed by atoms with E-state index in [4.69, 9.17) is 4.74 Å². The lowest BCUT2D eigenvalue weighted by atomic mass is 9.64. The van der Waals surface area contributed by atoms with E-state index < -0.39 is 0 Å². The summed E-state index contributed by atoms with van der Waals surface area (Å²) < 4.78 is 5.17. The molecule has 0 bridgehead atoms. The molecule has 5 rings (SSSR count). The lowest BCUT2D eigenvalue weighted by Gasteiger charge is -2.49. The van der Waals surface area contributed by atoms with Crippen LogP contribution in [-0.4, -0.2) is 78.6 Å². The Hall–Kier alpha value is -1.30. The van der Waals surface area contributed by atoms with E-state index in [9.17, 15) is 9.59 Å². The molecule has 3 heterocycles. The number of ether oxygens (including phenoxy) is 1. The molecular weight excluding hydrogens is 354 g/mol. The first kappa shape index (κ1) is 18.7. The number of piperidine rings is 1. The van der Waals surface area contributed by atoms with Crippen molar-refractivity contribution in [3.05, 3.63) is 0 Å². The van der Waals surface area contributed by atoms with Crippen molar-refractivity contribution in [1.29, 1.82) is 0 Å². The molecule has 3 aliphatic heterocycles. The summed E-state index contributed by atoms with van der Waals surface area (Å²) in [4.78, 5) is 31.6. The summed E-state index contributed by atoms with van der Waals surface area (Å²) in [5, 5.41) is 0. The highest BCUT2D eigenvalue weighted by molar-refractivity contribution is 5.82. The summed E-state index contributed by atoms with van der Waals surface area (Å²) >= 11 is 0. The van der Waals surface area contributed by atoms with Gasteiger partial charge in [-0.05, 0) is 56.3 Å². The number of amides is 2. The Kier molecular flexibility index (Phi) is 4.80. The number of hydrogen-bond donors (Lipinski definition) is 0. The van der Waals surface area contributed by atoms with Gasteiger partial charge in [0.25, 0.3) is 0 Å². The summed E-state index contributed by atoms with van der Waals surface area (Å²) in [6, 6.07) is 0.670. The summed E-state index contributed by atoms with van der Waals surface area (Å²) in [5.41, 5.74) is 0.339. The quantitative estimate of drug-likeness (QED) is 0.744. The Balaban J connectivity index is 1.08. The first-order valence-electron chi connectivity index (χ1n) is 11.5. The van der Waals surface area contributed by atoms with E-state index in [0.717, 1.165) is 45.7 Å². The van der Waals surface area contributed by atoms with Crippen molar-refractivity contribution in [3.8, 4) is 0 Å². The molecule has 156 valence electrons. The number of likely N-dealkylation sites (tertiary alicyclic amines) is 3. The number of rotatable bonds is 3. The van der Waals surface area contributed by atoms with Gasteiger partial charge in [0, 0.05) is 51.2 Å². The molecule has 0 aromatic heterocycles. The maximum absolute atomic E-state index is 12.9. The molecule has 0 aromatic rings. The standard InChI is InChI=1S/C22H35N3O3/c1-2-28-21(27)24-10-7-22(15-24)11-16(12-22)25-13-17-18(14-25)19(17)20(26)23-8-5-3-4-6-9-23/h16-19H,2-15H2,1H3/t16?,17-,18+,19?,22?. The zero-order chi connectivity index (χ0) is 19.3. The van der Waals surface area contributed by atoms with Gasteiger partial charge in [0.15, 0.2) is 0 Å². The Labute approximate surface area is 168 Å². The lowest BCUT2D eigenvalue weighted by molar-refractivity contribution is -0.133. The van der Waals surface area contributed by atoms with Crippen molar-refractivity contribution < 1.29 is 14.3 Å². The molecule has 3 saturated heterocycles. The molecule has 2 aliphatic carbocycles. The Bertz CT molecular complexity index is 613. The number of hydrogen-bond acceptors (Lipinski definition) is 4. The van der Waals surface area contributed by atoms with Crippen LogP contribution >= 0.6 is 0 Å². The van der Waals surface area contributed by atoms with E-state index in [1.165, 1.54) is 38.5 Å². The van der Waals surface area contributed by atoms with Crippen LogP contribution in [0.25, 0.3) is 0 Å². The Morgan fingerprint density at radius 2 is 1.64 bits per heavy atom. The largest absolute Gasteiger partial charge is 0.450 e. The smallest absolute Gasteiger partial charge is 0.409 e. The van der Waals surface area contributed by atoms with Crippen LogP contribution in [0.4, 0.5) is 4.79 Å². The zero-order valence-corrected chi connectivity index (χ0v) is 17.3. The normalized spacial score (nSPS) is 40.2. The Morgan fingerprint density at radius 1 is 0.964 bits per heavy atom. The maximum Gasteiger partial charge on any atom is 0.409 e. The number of carbonyl (C=O) groups is 2. The molecular formula is C22H35N3O3. The van der Waals surface area contributed by atoms with Crippen LogP contribution in [0.3, 0.4) is 0 Å². The molecule has 1 unspecified atom stereocenters. The number of nitrogens with zero attached hydrogens (tertiary/aromatic N) is 3. The van der Waals surface area contributed by atoms with Crippen LogP contribution in [-0.2, 0) is 9.53 Å². The van der Waals surface area contributed by atoms with Gasteiger partial charge in [-0.3, -0.25) is 9.69 Å². The fraction of sp³-hybridized carbons (Fsp3) is 0.909. The van der Waals surface area contributed by atoms with Crippen molar-refractivity contribution in [2.75, 3.05) is 45.9 Å². The lowest BCUT2D eigenvalue weighted by Crippen LogP contribution is -2.52. The SMILES string of the molecule is CCOC(=O)N1CCC2(CC(N3C[C@@H]4C(C(=O)N5CCCCCC5)[C@@H]4C3)C2)C1. The van der Waals surface area contributed by atoms with Crippen LogP contribution in [0.5, 0.6) is 0 Å². The topological polar surface area (TPSA) is 53.1 Å². The highest BCUT2D eigenvalue weighted by Crippen LogP contribution is 2.57. The van der Waals surface area contributed by atoms with Crippen molar-refractivity contribution in [2.24, 2.45) is 23.2 Å². The summed E-state index contributed by atoms with van der Waals surface area (Å²) in [6.45, 7) is 8.27. The molecule has 0 aromatic carbocycles. The van der Waals surface area contributed by atoms with Crippen LogP contribution < -0.4 is 0 Å². The van der Waals surface area contributed by atoms with E-state index in [-0.39, 0.29) is 6.09 Å².